The van der Waals surface area contributed by atoms with Gasteiger partial charge in [-0.1, -0.05) is 24.3 Å². The topological polar surface area (TPSA) is 58.6 Å². The van der Waals surface area contributed by atoms with Crippen molar-refractivity contribution in [3.63, 3.8) is 0 Å². The van der Waals surface area contributed by atoms with Crippen molar-refractivity contribution in [2.75, 3.05) is 19.5 Å². The number of amides is 2. The Morgan fingerprint density at radius 3 is 2.31 bits per heavy atom. The normalized spacial score (nSPS) is 14.3. The van der Waals surface area contributed by atoms with Crippen LogP contribution in [0.5, 0.6) is 5.75 Å². The van der Waals surface area contributed by atoms with Gasteiger partial charge in [0.15, 0.2) is 0 Å². The molecule has 0 unspecified atom stereocenters. The zero-order chi connectivity index (χ0) is 19.0. The van der Waals surface area contributed by atoms with Gasteiger partial charge in [0.25, 0.3) is 11.8 Å². The molecule has 1 aliphatic rings. The van der Waals surface area contributed by atoms with E-state index in [4.69, 9.17) is 4.74 Å². The maximum Gasteiger partial charge on any atom is 0.277 e. The molecule has 0 spiro atoms. The Bertz CT molecular complexity index is 944. The Kier molecular flexibility index (Phi) is 4.55. The first-order chi connectivity index (χ1) is 12.3. The molecule has 1 N–H and O–H groups in total. The standard InChI is InChI=1S/C21H22N2O3/c1-12-6-9-17(26-5)16(10-12)22-19-18(20(24)23(4)21(19)25)15-8-7-13(2)14(3)11-15/h6-11,22H,1-5H3. The van der Waals surface area contributed by atoms with Crippen molar-refractivity contribution in [1.29, 1.82) is 0 Å². The molecule has 0 bridgehead atoms. The summed E-state index contributed by atoms with van der Waals surface area (Å²) in [5.41, 5.74) is 5.25. The zero-order valence-corrected chi connectivity index (χ0v) is 15.6. The zero-order valence-electron chi connectivity index (χ0n) is 15.6. The molecule has 1 aliphatic heterocycles. The Morgan fingerprint density at radius 1 is 0.923 bits per heavy atom. The van der Waals surface area contributed by atoms with Crippen molar-refractivity contribution >= 4 is 23.1 Å². The number of nitrogens with zero attached hydrogens (tertiary/aromatic N) is 1. The maximum absolute atomic E-state index is 12.7. The predicted octanol–water partition coefficient (Wildman–Crippen LogP) is 3.44. The van der Waals surface area contributed by atoms with Crippen molar-refractivity contribution < 1.29 is 14.3 Å². The molecule has 2 aromatic rings. The van der Waals surface area contributed by atoms with Crippen LogP contribution < -0.4 is 10.1 Å². The summed E-state index contributed by atoms with van der Waals surface area (Å²) in [6, 6.07) is 11.4. The Morgan fingerprint density at radius 2 is 1.65 bits per heavy atom. The van der Waals surface area contributed by atoms with Crippen molar-refractivity contribution in [2.45, 2.75) is 20.8 Å². The fourth-order valence-corrected chi connectivity index (χ4v) is 2.98. The molecule has 2 amide bonds. The first-order valence-corrected chi connectivity index (χ1v) is 8.39. The maximum atomic E-state index is 12.7. The van der Waals surface area contributed by atoms with Gasteiger partial charge in [0.1, 0.15) is 11.4 Å². The lowest BCUT2D eigenvalue weighted by Gasteiger charge is -2.13. The van der Waals surface area contributed by atoms with E-state index in [2.05, 4.69) is 5.32 Å². The van der Waals surface area contributed by atoms with Gasteiger partial charge in [-0.2, -0.15) is 0 Å². The van der Waals surface area contributed by atoms with E-state index in [1.165, 1.54) is 7.05 Å². The number of benzene rings is 2. The van der Waals surface area contributed by atoms with Gasteiger partial charge in [-0.3, -0.25) is 14.5 Å². The second-order valence-corrected chi connectivity index (χ2v) is 6.55. The van der Waals surface area contributed by atoms with Gasteiger partial charge in [-0.15, -0.1) is 0 Å². The highest BCUT2D eigenvalue weighted by Crippen LogP contribution is 2.33. The third-order valence-corrected chi connectivity index (χ3v) is 4.70. The van der Waals surface area contributed by atoms with Crippen LogP contribution in [0, 0.1) is 20.8 Å². The highest BCUT2D eigenvalue weighted by molar-refractivity contribution is 6.36. The van der Waals surface area contributed by atoms with Crippen LogP contribution in [0.2, 0.25) is 0 Å². The van der Waals surface area contributed by atoms with Crippen LogP contribution >= 0.6 is 0 Å². The van der Waals surface area contributed by atoms with E-state index in [9.17, 15) is 9.59 Å². The Labute approximate surface area is 153 Å². The number of carbonyl (C=O) groups excluding carboxylic acids is 2. The van der Waals surface area contributed by atoms with Crippen molar-refractivity contribution in [3.8, 4) is 5.75 Å². The molecule has 2 aromatic carbocycles. The molecule has 3 rings (SSSR count). The molecular weight excluding hydrogens is 328 g/mol. The molecule has 1 heterocycles. The largest absolute Gasteiger partial charge is 0.495 e. The summed E-state index contributed by atoms with van der Waals surface area (Å²) < 4.78 is 5.38. The van der Waals surface area contributed by atoms with Gasteiger partial charge in [0.2, 0.25) is 0 Å². The van der Waals surface area contributed by atoms with Gasteiger partial charge >= 0.3 is 0 Å². The average Bonchev–Trinajstić information content (AvgIpc) is 2.82. The fourth-order valence-electron chi connectivity index (χ4n) is 2.98. The van der Waals surface area contributed by atoms with Crippen LogP contribution in [-0.2, 0) is 9.59 Å². The Balaban J connectivity index is 2.15. The summed E-state index contributed by atoms with van der Waals surface area (Å²) in [4.78, 5) is 26.5. The van der Waals surface area contributed by atoms with E-state index in [-0.39, 0.29) is 17.5 Å². The van der Waals surface area contributed by atoms with E-state index in [0.29, 0.717) is 17.0 Å². The SMILES string of the molecule is COc1ccc(C)cc1NC1=C(c2ccc(C)c(C)c2)C(=O)N(C)C1=O. The number of nitrogens with one attached hydrogen (secondary N) is 1. The van der Waals surface area contributed by atoms with E-state index < -0.39 is 0 Å². The minimum Gasteiger partial charge on any atom is -0.495 e. The van der Waals surface area contributed by atoms with Crippen LogP contribution in [0.4, 0.5) is 5.69 Å². The summed E-state index contributed by atoms with van der Waals surface area (Å²) in [6.07, 6.45) is 0. The summed E-state index contributed by atoms with van der Waals surface area (Å²) in [5.74, 6) is -0.0588. The number of methoxy groups -OCH3 is 1. The lowest BCUT2D eigenvalue weighted by molar-refractivity contribution is -0.135. The molecule has 5 nitrogen and oxygen atoms in total. The summed E-state index contributed by atoms with van der Waals surface area (Å²) >= 11 is 0. The minimum absolute atomic E-state index is 0.268. The van der Waals surface area contributed by atoms with Gasteiger partial charge in [0, 0.05) is 7.05 Å². The van der Waals surface area contributed by atoms with Crippen LogP contribution in [-0.4, -0.2) is 30.9 Å². The second kappa shape index (κ2) is 6.67. The molecule has 0 aromatic heterocycles. The number of ether oxygens (including phenoxy) is 1. The van der Waals surface area contributed by atoms with Gasteiger partial charge in [0.05, 0.1) is 18.4 Å². The van der Waals surface area contributed by atoms with Crippen LogP contribution in [0.15, 0.2) is 42.1 Å². The molecule has 134 valence electrons. The van der Waals surface area contributed by atoms with E-state index >= 15 is 0 Å². The first kappa shape index (κ1) is 17.7. The molecule has 0 aliphatic carbocycles. The van der Waals surface area contributed by atoms with Crippen LogP contribution in [0.25, 0.3) is 5.57 Å². The van der Waals surface area contributed by atoms with Gasteiger partial charge in [-0.05, 0) is 55.2 Å². The van der Waals surface area contributed by atoms with Crippen LogP contribution in [0.1, 0.15) is 22.3 Å². The quantitative estimate of drug-likeness (QED) is 0.858. The lowest BCUT2D eigenvalue weighted by atomic mass is 9.99. The molecule has 26 heavy (non-hydrogen) atoms. The summed E-state index contributed by atoms with van der Waals surface area (Å²) in [7, 11) is 3.07. The lowest BCUT2D eigenvalue weighted by Crippen LogP contribution is -2.28. The van der Waals surface area contributed by atoms with Crippen molar-refractivity contribution in [3.05, 3.63) is 64.3 Å². The van der Waals surface area contributed by atoms with Gasteiger partial charge < -0.3 is 10.1 Å². The smallest absolute Gasteiger partial charge is 0.277 e. The molecule has 0 atom stereocenters. The summed E-state index contributed by atoms with van der Waals surface area (Å²) in [5, 5.41) is 3.14. The first-order valence-electron chi connectivity index (χ1n) is 8.39. The van der Waals surface area contributed by atoms with E-state index in [1.54, 1.807) is 7.11 Å². The highest BCUT2D eigenvalue weighted by atomic mass is 16.5. The molecule has 0 fully saturated rings. The Hall–Kier alpha value is -3.08. The molecule has 0 saturated heterocycles. The minimum atomic E-state index is -0.355. The van der Waals surface area contributed by atoms with Crippen molar-refractivity contribution in [1.82, 2.24) is 4.90 Å². The fraction of sp³-hybridized carbons (Fsp3) is 0.238. The second-order valence-electron chi connectivity index (χ2n) is 6.55. The number of hydrogen-bond acceptors (Lipinski definition) is 4. The number of hydrogen-bond donors (Lipinski definition) is 1. The van der Waals surface area contributed by atoms with E-state index in [0.717, 1.165) is 27.2 Å². The average molecular weight is 350 g/mol. The van der Waals surface area contributed by atoms with E-state index in [1.807, 2.05) is 57.2 Å². The number of rotatable bonds is 4. The van der Waals surface area contributed by atoms with Crippen LogP contribution in [0.3, 0.4) is 0 Å². The number of aryl methyl sites for hydroxylation is 3. The molecule has 0 radical (unpaired) electrons. The summed E-state index contributed by atoms with van der Waals surface area (Å²) in [6.45, 7) is 5.95. The third kappa shape index (κ3) is 2.96. The number of likely N-dealkylation sites (N-methyl/N-ethyl adjacent to an activating group) is 1. The van der Waals surface area contributed by atoms with Gasteiger partial charge in [-0.25, -0.2) is 0 Å². The molecular formula is C21H22N2O3. The highest BCUT2D eigenvalue weighted by Gasteiger charge is 2.37. The molecule has 0 saturated carbocycles. The number of imide groups is 1. The number of carbonyl (C=O) groups is 2. The predicted molar refractivity (Wildman–Crippen MR) is 102 cm³/mol. The number of anilines is 1. The monoisotopic (exact) mass is 350 g/mol. The van der Waals surface area contributed by atoms with Crippen molar-refractivity contribution in [2.24, 2.45) is 0 Å². The third-order valence-electron chi connectivity index (χ3n) is 4.70. The molecule has 5 heteroatoms.